The summed E-state index contributed by atoms with van der Waals surface area (Å²) in [6, 6.07) is 10.7. The molecule has 0 radical (unpaired) electrons. The Kier molecular flexibility index (Phi) is 5.55. The van der Waals surface area contributed by atoms with Gasteiger partial charge in [0.05, 0.1) is 24.8 Å². The summed E-state index contributed by atoms with van der Waals surface area (Å²) in [7, 11) is -0.806. The number of methoxy groups -OCH3 is 2. The van der Waals surface area contributed by atoms with Gasteiger partial charge in [0.2, 0.25) is 0 Å². The number of carbonyl (C=O) groups excluding carboxylic acids is 1. The van der Waals surface area contributed by atoms with Crippen LogP contribution >= 0.6 is 0 Å². The Labute approximate surface area is 158 Å². The molecule has 27 heavy (non-hydrogen) atoms. The first kappa shape index (κ1) is 19.0. The lowest BCUT2D eigenvalue weighted by atomic mass is 10.2. The molecule has 144 valence electrons. The molecule has 0 bridgehead atoms. The van der Waals surface area contributed by atoms with Gasteiger partial charge in [-0.1, -0.05) is 0 Å². The van der Waals surface area contributed by atoms with Crippen molar-refractivity contribution in [1.29, 1.82) is 0 Å². The van der Waals surface area contributed by atoms with E-state index in [0.29, 0.717) is 22.7 Å². The van der Waals surface area contributed by atoms with Crippen LogP contribution in [0.3, 0.4) is 0 Å². The number of ether oxygens (including phenoxy) is 2. The van der Waals surface area contributed by atoms with E-state index in [2.05, 4.69) is 4.72 Å². The highest BCUT2D eigenvalue weighted by Gasteiger charge is 2.21. The van der Waals surface area contributed by atoms with E-state index < -0.39 is 10.0 Å². The third kappa shape index (κ3) is 4.16. The third-order valence-corrected chi connectivity index (χ3v) is 5.84. The Morgan fingerprint density at radius 2 is 1.59 bits per heavy atom. The van der Waals surface area contributed by atoms with E-state index in [-0.39, 0.29) is 10.8 Å². The molecule has 1 saturated heterocycles. The van der Waals surface area contributed by atoms with Crippen molar-refractivity contribution in [1.82, 2.24) is 4.90 Å². The van der Waals surface area contributed by atoms with Gasteiger partial charge >= 0.3 is 0 Å². The standard InChI is InChI=1S/C19H22N2O5S/c1-25-17-10-7-15(13-18(17)26-2)20-27(23,24)16-8-5-14(6-9-16)19(22)21-11-3-4-12-21/h5-10,13,20H,3-4,11-12H2,1-2H3. The number of amides is 1. The molecule has 0 spiro atoms. The van der Waals surface area contributed by atoms with E-state index >= 15 is 0 Å². The summed E-state index contributed by atoms with van der Waals surface area (Å²) in [6.07, 6.45) is 2.01. The van der Waals surface area contributed by atoms with Crippen LogP contribution < -0.4 is 14.2 Å². The van der Waals surface area contributed by atoms with Gasteiger partial charge in [0.1, 0.15) is 0 Å². The second-order valence-electron chi connectivity index (χ2n) is 6.20. The summed E-state index contributed by atoms with van der Waals surface area (Å²) in [5.41, 5.74) is 0.840. The molecule has 1 amide bonds. The topological polar surface area (TPSA) is 84.9 Å². The van der Waals surface area contributed by atoms with E-state index in [4.69, 9.17) is 9.47 Å². The molecule has 1 heterocycles. The number of nitrogens with one attached hydrogen (secondary N) is 1. The molecule has 0 atom stereocenters. The molecule has 7 nitrogen and oxygen atoms in total. The smallest absolute Gasteiger partial charge is 0.261 e. The second-order valence-corrected chi connectivity index (χ2v) is 7.88. The lowest BCUT2D eigenvalue weighted by Gasteiger charge is -2.15. The zero-order chi connectivity index (χ0) is 19.4. The largest absolute Gasteiger partial charge is 0.493 e. The van der Waals surface area contributed by atoms with Crippen molar-refractivity contribution in [2.75, 3.05) is 32.0 Å². The number of benzene rings is 2. The number of hydrogen-bond acceptors (Lipinski definition) is 5. The highest BCUT2D eigenvalue weighted by Crippen LogP contribution is 2.30. The number of anilines is 1. The van der Waals surface area contributed by atoms with Crippen molar-refractivity contribution in [3.05, 3.63) is 48.0 Å². The van der Waals surface area contributed by atoms with Gasteiger partial charge in [-0.2, -0.15) is 0 Å². The first-order valence-electron chi connectivity index (χ1n) is 8.59. The minimum Gasteiger partial charge on any atom is -0.493 e. The first-order valence-corrected chi connectivity index (χ1v) is 10.1. The highest BCUT2D eigenvalue weighted by molar-refractivity contribution is 7.92. The highest BCUT2D eigenvalue weighted by atomic mass is 32.2. The Hall–Kier alpha value is -2.74. The van der Waals surface area contributed by atoms with Crippen LogP contribution in [0.25, 0.3) is 0 Å². The summed E-state index contributed by atoms with van der Waals surface area (Å²) in [6.45, 7) is 1.50. The predicted molar refractivity (Wildman–Crippen MR) is 102 cm³/mol. The molecular weight excluding hydrogens is 368 g/mol. The Balaban J connectivity index is 1.77. The van der Waals surface area contributed by atoms with Crippen LogP contribution in [0.15, 0.2) is 47.4 Å². The predicted octanol–water partition coefficient (Wildman–Crippen LogP) is 2.74. The van der Waals surface area contributed by atoms with Crippen LogP contribution in [0.4, 0.5) is 5.69 Å². The molecule has 0 unspecified atom stereocenters. The van der Waals surface area contributed by atoms with Crippen molar-refractivity contribution in [3.63, 3.8) is 0 Å². The van der Waals surface area contributed by atoms with Crippen LogP contribution in [0, 0.1) is 0 Å². The van der Waals surface area contributed by atoms with Crippen molar-refractivity contribution in [3.8, 4) is 11.5 Å². The molecule has 0 aromatic heterocycles. The van der Waals surface area contributed by atoms with Gasteiger partial charge in [0, 0.05) is 24.7 Å². The number of rotatable bonds is 6. The van der Waals surface area contributed by atoms with Crippen LogP contribution in [-0.4, -0.2) is 46.5 Å². The summed E-state index contributed by atoms with van der Waals surface area (Å²) < 4.78 is 38.1. The fraction of sp³-hybridized carbons (Fsp3) is 0.316. The van der Waals surface area contributed by atoms with Crippen LogP contribution in [0.1, 0.15) is 23.2 Å². The van der Waals surface area contributed by atoms with Crippen molar-refractivity contribution in [2.45, 2.75) is 17.7 Å². The zero-order valence-electron chi connectivity index (χ0n) is 15.3. The maximum atomic E-state index is 12.6. The number of hydrogen-bond donors (Lipinski definition) is 1. The molecule has 0 aliphatic carbocycles. The monoisotopic (exact) mass is 390 g/mol. The summed E-state index contributed by atoms with van der Waals surface area (Å²) >= 11 is 0. The molecule has 8 heteroatoms. The van der Waals surface area contributed by atoms with Crippen molar-refractivity contribution < 1.29 is 22.7 Å². The fourth-order valence-electron chi connectivity index (χ4n) is 2.99. The van der Waals surface area contributed by atoms with Crippen molar-refractivity contribution in [2.24, 2.45) is 0 Å². The van der Waals surface area contributed by atoms with Gasteiger partial charge in [-0.25, -0.2) is 8.42 Å². The number of sulfonamides is 1. The molecule has 2 aromatic carbocycles. The van der Waals surface area contributed by atoms with Gasteiger partial charge in [-0.05, 0) is 49.2 Å². The fourth-order valence-corrected chi connectivity index (χ4v) is 4.04. The minimum absolute atomic E-state index is 0.0655. The Morgan fingerprint density at radius 3 is 2.19 bits per heavy atom. The number of carbonyl (C=O) groups is 1. The SMILES string of the molecule is COc1ccc(NS(=O)(=O)c2ccc(C(=O)N3CCCC3)cc2)cc1OC. The maximum absolute atomic E-state index is 12.6. The molecule has 0 saturated carbocycles. The van der Waals surface area contributed by atoms with Gasteiger partial charge in [-0.15, -0.1) is 0 Å². The van der Waals surface area contributed by atoms with E-state index in [1.54, 1.807) is 35.2 Å². The molecular formula is C19H22N2O5S. The number of likely N-dealkylation sites (tertiary alicyclic amines) is 1. The molecule has 3 rings (SSSR count). The summed E-state index contributed by atoms with van der Waals surface area (Å²) in [4.78, 5) is 14.2. The summed E-state index contributed by atoms with van der Waals surface area (Å²) in [5, 5.41) is 0. The van der Waals surface area contributed by atoms with Crippen LogP contribution in [0.2, 0.25) is 0 Å². The first-order chi connectivity index (χ1) is 12.9. The Morgan fingerprint density at radius 1 is 0.963 bits per heavy atom. The van der Waals surface area contributed by atoms with Gasteiger partial charge < -0.3 is 14.4 Å². The van der Waals surface area contributed by atoms with E-state index in [9.17, 15) is 13.2 Å². The number of nitrogens with zero attached hydrogens (tertiary/aromatic N) is 1. The van der Waals surface area contributed by atoms with E-state index in [1.165, 1.54) is 26.4 Å². The van der Waals surface area contributed by atoms with Gasteiger partial charge in [0.25, 0.3) is 15.9 Å². The molecule has 1 fully saturated rings. The normalized spacial score (nSPS) is 14.1. The van der Waals surface area contributed by atoms with Crippen LogP contribution in [0.5, 0.6) is 11.5 Å². The van der Waals surface area contributed by atoms with E-state index in [0.717, 1.165) is 25.9 Å². The minimum atomic E-state index is -3.79. The molecule has 2 aromatic rings. The quantitative estimate of drug-likeness (QED) is 0.820. The van der Waals surface area contributed by atoms with Crippen molar-refractivity contribution >= 4 is 21.6 Å². The average Bonchev–Trinajstić information content (AvgIpc) is 3.22. The molecule has 1 aliphatic rings. The van der Waals surface area contributed by atoms with Crippen LogP contribution in [-0.2, 0) is 10.0 Å². The molecule has 1 aliphatic heterocycles. The lowest BCUT2D eigenvalue weighted by Crippen LogP contribution is -2.27. The lowest BCUT2D eigenvalue weighted by molar-refractivity contribution is 0.0792. The Bertz CT molecular complexity index is 920. The maximum Gasteiger partial charge on any atom is 0.261 e. The van der Waals surface area contributed by atoms with Gasteiger partial charge in [0.15, 0.2) is 11.5 Å². The third-order valence-electron chi connectivity index (χ3n) is 4.44. The van der Waals surface area contributed by atoms with Gasteiger partial charge in [-0.3, -0.25) is 9.52 Å². The zero-order valence-corrected chi connectivity index (χ0v) is 16.1. The molecule has 1 N–H and O–H groups in total. The second kappa shape index (κ2) is 7.87. The average molecular weight is 390 g/mol. The van der Waals surface area contributed by atoms with E-state index in [1.807, 2.05) is 0 Å². The summed E-state index contributed by atoms with van der Waals surface area (Å²) in [5.74, 6) is 0.860.